The standard InChI is InChI=1S/C22H18N2O2S/c1-3-17-9-11-18(12-10-17)13-14-20-21(16(2)24-27-20)23-22(25)26-15-19-7-5-4-6-8-19/h3-12H,1,15H2,2H3,(H,23,25). The van der Waals surface area contributed by atoms with Crippen LogP contribution in [0.2, 0.25) is 0 Å². The fourth-order valence-corrected chi connectivity index (χ4v) is 3.00. The Balaban J connectivity index is 1.68. The fourth-order valence-electron chi connectivity index (χ4n) is 2.29. The van der Waals surface area contributed by atoms with Crippen LogP contribution < -0.4 is 5.32 Å². The molecule has 3 aromatic rings. The van der Waals surface area contributed by atoms with Crippen LogP contribution in [0.1, 0.15) is 27.3 Å². The number of hydrogen-bond acceptors (Lipinski definition) is 4. The van der Waals surface area contributed by atoms with Crippen LogP contribution in [-0.2, 0) is 11.3 Å². The highest BCUT2D eigenvalue weighted by molar-refractivity contribution is 7.07. The van der Waals surface area contributed by atoms with E-state index < -0.39 is 6.09 Å². The minimum absolute atomic E-state index is 0.208. The summed E-state index contributed by atoms with van der Waals surface area (Å²) in [5, 5.41) is 2.75. The van der Waals surface area contributed by atoms with Gasteiger partial charge in [0.1, 0.15) is 11.5 Å². The lowest BCUT2D eigenvalue weighted by molar-refractivity contribution is 0.155. The first kappa shape index (κ1) is 18.4. The Morgan fingerprint density at radius 3 is 2.63 bits per heavy atom. The second kappa shape index (κ2) is 8.84. The van der Waals surface area contributed by atoms with Crippen molar-refractivity contribution in [2.75, 3.05) is 5.32 Å². The van der Waals surface area contributed by atoms with Gasteiger partial charge in [0.05, 0.1) is 11.4 Å². The van der Waals surface area contributed by atoms with Crippen molar-refractivity contribution in [1.82, 2.24) is 4.37 Å². The predicted molar refractivity (Wildman–Crippen MR) is 110 cm³/mol. The smallest absolute Gasteiger partial charge is 0.412 e. The normalized spacial score (nSPS) is 9.81. The maximum Gasteiger partial charge on any atom is 0.412 e. The van der Waals surface area contributed by atoms with Gasteiger partial charge in [-0.05, 0) is 47.6 Å². The molecule has 0 aliphatic heterocycles. The third kappa shape index (κ3) is 5.06. The van der Waals surface area contributed by atoms with Crippen LogP contribution >= 0.6 is 11.5 Å². The molecule has 0 fully saturated rings. The molecule has 0 aliphatic rings. The summed E-state index contributed by atoms with van der Waals surface area (Å²) < 4.78 is 9.55. The van der Waals surface area contributed by atoms with Crippen molar-refractivity contribution >= 4 is 29.4 Å². The van der Waals surface area contributed by atoms with E-state index in [0.29, 0.717) is 16.3 Å². The Labute approximate surface area is 162 Å². The molecule has 4 nitrogen and oxygen atoms in total. The molecule has 0 saturated heterocycles. The number of amides is 1. The molecule has 0 radical (unpaired) electrons. The van der Waals surface area contributed by atoms with Crippen molar-refractivity contribution in [3.05, 3.63) is 88.4 Å². The zero-order valence-electron chi connectivity index (χ0n) is 14.9. The van der Waals surface area contributed by atoms with Crippen molar-refractivity contribution in [2.24, 2.45) is 0 Å². The van der Waals surface area contributed by atoms with Crippen molar-refractivity contribution in [3.8, 4) is 11.8 Å². The van der Waals surface area contributed by atoms with Gasteiger partial charge >= 0.3 is 6.09 Å². The van der Waals surface area contributed by atoms with Gasteiger partial charge in [-0.3, -0.25) is 5.32 Å². The Bertz CT molecular complexity index is 996. The van der Waals surface area contributed by atoms with Gasteiger partial charge in [-0.15, -0.1) is 0 Å². The Morgan fingerprint density at radius 1 is 1.19 bits per heavy atom. The summed E-state index contributed by atoms with van der Waals surface area (Å²) in [6.45, 7) is 5.77. The van der Waals surface area contributed by atoms with Crippen LogP contribution in [0.15, 0.2) is 61.2 Å². The molecular weight excluding hydrogens is 356 g/mol. The van der Waals surface area contributed by atoms with E-state index in [9.17, 15) is 4.79 Å². The van der Waals surface area contributed by atoms with Crippen molar-refractivity contribution in [1.29, 1.82) is 0 Å². The summed E-state index contributed by atoms with van der Waals surface area (Å²) in [6.07, 6.45) is 1.26. The predicted octanol–water partition coefficient (Wildman–Crippen LogP) is 5.24. The van der Waals surface area contributed by atoms with Crippen LogP contribution in [0.5, 0.6) is 0 Å². The second-order valence-electron chi connectivity index (χ2n) is 5.73. The molecule has 1 amide bonds. The van der Waals surface area contributed by atoms with Gasteiger partial charge in [0.2, 0.25) is 0 Å². The van der Waals surface area contributed by atoms with Crippen LogP contribution in [0, 0.1) is 18.8 Å². The fraction of sp³-hybridized carbons (Fsp3) is 0.0909. The first-order valence-electron chi connectivity index (χ1n) is 8.34. The van der Waals surface area contributed by atoms with Crippen LogP contribution in [0.25, 0.3) is 6.08 Å². The van der Waals surface area contributed by atoms with Gasteiger partial charge < -0.3 is 4.74 Å². The molecule has 1 heterocycles. The molecule has 3 rings (SSSR count). The number of rotatable bonds is 4. The van der Waals surface area contributed by atoms with Gasteiger partial charge in [0, 0.05) is 5.56 Å². The van der Waals surface area contributed by atoms with E-state index in [4.69, 9.17) is 4.74 Å². The van der Waals surface area contributed by atoms with Crippen molar-refractivity contribution < 1.29 is 9.53 Å². The highest BCUT2D eigenvalue weighted by Crippen LogP contribution is 2.24. The van der Waals surface area contributed by atoms with E-state index in [0.717, 1.165) is 16.7 Å². The number of aromatic nitrogens is 1. The van der Waals surface area contributed by atoms with Crippen molar-refractivity contribution in [2.45, 2.75) is 13.5 Å². The van der Waals surface area contributed by atoms with Crippen LogP contribution in [-0.4, -0.2) is 10.5 Å². The molecule has 0 spiro atoms. The number of anilines is 1. The molecule has 0 aliphatic carbocycles. The van der Waals surface area contributed by atoms with E-state index in [1.807, 2.05) is 61.5 Å². The second-order valence-corrected chi connectivity index (χ2v) is 6.51. The number of carbonyl (C=O) groups is 1. The van der Waals surface area contributed by atoms with Crippen LogP contribution in [0.4, 0.5) is 10.5 Å². The van der Waals surface area contributed by atoms with E-state index in [-0.39, 0.29) is 6.61 Å². The molecule has 0 saturated carbocycles. The van der Waals surface area contributed by atoms with Crippen LogP contribution in [0.3, 0.4) is 0 Å². The number of hydrogen-bond donors (Lipinski definition) is 1. The molecule has 27 heavy (non-hydrogen) atoms. The molecule has 2 aromatic carbocycles. The highest BCUT2D eigenvalue weighted by Gasteiger charge is 2.13. The topological polar surface area (TPSA) is 51.2 Å². The lowest BCUT2D eigenvalue weighted by Gasteiger charge is -2.06. The lowest BCUT2D eigenvalue weighted by atomic mass is 10.1. The zero-order chi connectivity index (χ0) is 19.1. The van der Waals surface area contributed by atoms with Gasteiger partial charge in [-0.25, -0.2) is 4.79 Å². The summed E-state index contributed by atoms with van der Waals surface area (Å²) in [4.78, 5) is 12.8. The SMILES string of the molecule is C=Cc1ccc(C#Cc2snc(C)c2NC(=O)OCc2ccccc2)cc1. The number of nitrogens with zero attached hydrogens (tertiary/aromatic N) is 1. The van der Waals surface area contributed by atoms with Gasteiger partial charge in [0.15, 0.2) is 0 Å². The molecule has 5 heteroatoms. The quantitative estimate of drug-likeness (QED) is 0.635. The average molecular weight is 374 g/mol. The summed E-state index contributed by atoms with van der Waals surface area (Å²) in [7, 11) is 0. The zero-order valence-corrected chi connectivity index (χ0v) is 15.7. The van der Waals surface area contributed by atoms with Gasteiger partial charge in [-0.1, -0.05) is 61.0 Å². The Hall–Kier alpha value is -3.36. The number of benzene rings is 2. The van der Waals surface area contributed by atoms with Crippen molar-refractivity contribution in [3.63, 3.8) is 0 Å². The van der Waals surface area contributed by atoms with E-state index in [1.165, 1.54) is 11.5 Å². The first-order valence-corrected chi connectivity index (χ1v) is 9.11. The summed E-state index contributed by atoms with van der Waals surface area (Å²) in [6, 6.07) is 17.3. The molecule has 0 unspecified atom stereocenters. The van der Waals surface area contributed by atoms with E-state index in [1.54, 1.807) is 6.08 Å². The molecule has 1 aromatic heterocycles. The molecule has 134 valence electrons. The third-order valence-corrected chi connectivity index (χ3v) is 4.62. The first-order chi connectivity index (χ1) is 13.2. The molecule has 0 bridgehead atoms. The average Bonchev–Trinajstić information content (AvgIpc) is 3.05. The minimum atomic E-state index is -0.527. The number of nitrogens with one attached hydrogen (secondary N) is 1. The summed E-state index contributed by atoms with van der Waals surface area (Å²) in [5.41, 5.74) is 4.15. The summed E-state index contributed by atoms with van der Waals surface area (Å²) >= 11 is 1.25. The largest absolute Gasteiger partial charge is 0.444 e. The number of aryl methyl sites for hydroxylation is 1. The number of ether oxygens (including phenoxy) is 1. The maximum atomic E-state index is 12.1. The Kier molecular flexibility index (Phi) is 6.03. The lowest BCUT2D eigenvalue weighted by Crippen LogP contribution is -2.14. The van der Waals surface area contributed by atoms with Gasteiger partial charge in [-0.2, -0.15) is 4.37 Å². The monoisotopic (exact) mass is 374 g/mol. The summed E-state index contributed by atoms with van der Waals surface area (Å²) in [5.74, 6) is 6.17. The minimum Gasteiger partial charge on any atom is -0.444 e. The third-order valence-electron chi connectivity index (χ3n) is 3.77. The van der Waals surface area contributed by atoms with E-state index >= 15 is 0 Å². The Morgan fingerprint density at radius 2 is 1.93 bits per heavy atom. The highest BCUT2D eigenvalue weighted by atomic mass is 32.1. The molecule has 0 atom stereocenters. The number of carbonyl (C=O) groups excluding carboxylic acids is 1. The molecular formula is C22H18N2O2S. The van der Waals surface area contributed by atoms with E-state index in [2.05, 4.69) is 28.1 Å². The maximum absolute atomic E-state index is 12.1. The van der Waals surface area contributed by atoms with Gasteiger partial charge in [0.25, 0.3) is 0 Å². The molecule has 1 N–H and O–H groups in total.